The van der Waals surface area contributed by atoms with E-state index in [1.165, 1.54) is 0 Å². The molecular formula is C16H17Cl2N3. The first-order valence-corrected chi connectivity index (χ1v) is 7.66. The molecule has 1 fully saturated rings. The predicted octanol–water partition coefficient (Wildman–Crippen LogP) is 4.61. The Kier molecular flexibility index (Phi) is 3.58. The third-order valence-corrected chi connectivity index (χ3v) is 4.52. The summed E-state index contributed by atoms with van der Waals surface area (Å²) in [5, 5.41) is 1.05. The summed E-state index contributed by atoms with van der Waals surface area (Å²) in [6.07, 6.45) is 1.81. The molecule has 0 N–H and O–H groups in total. The second-order valence-corrected chi connectivity index (χ2v) is 7.07. The number of rotatable bonds is 2. The molecule has 1 aromatic carbocycles. The maximum absolute atomic E-state index is 6.27. The van der Waals surface area contributed by atoms with Crippen LogP contribution >= 0.6 is 23.2 Å². The van der Waals surface area contributed by atoms with Gasteiger partial charge in [-0.15, -0.1) is 0 Å². The molecular weight excluding hydrogens is 305 g/mol. The van der Waals surface area contributed by atoms with Crippen LogP contribution in [0.4, 0.5) is 5.82 Å². The summed E-state index contributed by atoms with van der Waals surface area (Å²) < 4.78 is 0. The Morgan fingerprint density at radius 1 is 1.19 bits per heavy atom. The zero-order chi connectivity index (χ0) is 15.2. The van der Waals surface area contributed by atoms with E-state index < -0.39 is 0 Å². The molecule has 0 aliphatic carbocycles. The van der Waals surface area contributed by atoms with Crippen LogP contribution in [0.15, 0.2) is 24.4 Å². The Hall–Kier alpha value is -1.32. The van der Waals surface area contributed by atoms with Gasteiger partial charge in [-0.25, -0.2) is 4.98 Å². The van der Waals surface area contributed by atoms with Crippen molar-refractivity contribution in [2.45, 2.75) is 20.8 Å². The van der Waals surface area contributed by atoms with Crippen LogP contribution in [-0.4, -0.2) is 23.1 Å². The Morgan fingerprint density at radius 3 is 2.52 bits per heavy atom. The summed E-state index contributed by atoms with van der Waals surface area (Å²) >= 11 is 12.3. The number of hydrogen-bond donors (Lipinski definition) is 0. The molecule has 5 heteroatoms. The van der Waals surface area contributed by atoms with Crippen molar-refractivity contribution in [3.63, 3.8) is 0 Å². The number of halogens is 2. The Balaban J connectivity index is 1.94. The van der Waals surface area contributed by atoms with Crippen LogP contribution in [0.2, 0.25) is 10.0 Å². The van der Waals surface area contributed by atoms with Gasteiger partial charge in [-0.2, -0.15) is 0 Å². The van der Waals surface area contributed by atoms with E-state index in [1.54, 1.807) is 6.07 Å². The van der Waals surface area contributed by atoms with E-state index in [0.29, 0.717) is 15.5 Å². The summed E-state index contributed by atoms with van der Waals surface area (Å²) in [6, 6.07) is 5.56. The number of aromatic nitrogens is 2. The van der Waals surface area contributed by atoms with Crippen molar-refractivity contribution in [1.29, 1.82) is 0 Å². The molecule has 110 valence electrons. The lowest BCUT2D eigenvalue weighted by atomic mass is 9.84. The minimum Gasteiger partial charge on any atom is -0.354 e. The smallest absolute Gasteiger partial charge is 0.147 e. The van der Waals surface area contributed by atoms with Gasteiger partial charge in [0.15, 0.2) is 0 Å². The third-order valence-electron chi connectivity index (χ3n) is 3.70. The molecule has 1 aliphatic heterocycles. The largest absolute Gasteiger partial charge is 0.354 e. The van der Waals surface area contributed by atoms with Crippen LogP contribution in [0.25, 0.3) is 11.3 Å². The van der Waals surface area contributed by atoms with E-state index in [1.807, 2.05) is 25.3 Å². The summed E-state index contributed by atoms with van der Waals surface area (Å²) in [7, 11) is 0. The normalized spacial score (nSPS) is 16.7. The van der Waals surface area contributed by atoms with Gasteiger partial charge in [-0.05, 0) is 18.4 Å². The highest BCUT2D eigenvalue weighted by atomic mass is 35.5. The monoisotopic (exact) mass is 321 g/mol. The number of nitrogens with zero attached hydrogens (tertiary/aromatic N) is 3. The summed E-state index contributed by atoms with van der Waals surface area (Å²) in [6.45, 7) is 8.48. The van der Waals surface area contributed by atoms with Crippen molar-refractivity contribution in [3.05, 3.63) is 40.1 Å². The minimum atomic E-state index is 0.366. The second kappa shape index (κ2) is 5.15. The molecule has 0 unspecified atom stereocenters. The third kappa shape index (κ3) is 2.72. The summed E-state index contributed by atoms with van der Waals surface area (Å²) in [5.41, 5.74) is 2.84. The quantitative estimate of drug-likeness (QED) is 0.809. The topological polar surface area (TPSA) is 29.0 Å². The van der Waals surface area contributed by atoms with Crippen molar-refractivity contribution in [1.82, 2.24) is 9.97 Å². The molecule has 3 rings (SSSR count). The standard InChI is InChI=1S/C16H17Cl2N3/c1-10-15(11-5-4-6-12(17)14(11)18)19-7-13(20-10)21-8-16(2,3)9-21/h4-7H,8-9H2,1-3H3. The molecule has 1 aliphatic rings. The minimum absolute atomic E-state index is 0.366. The van der Waals surface area contributed by atoms with Crippen LogP contribution in [0.3, 0.4) is 0 Å². The second-order valence-electron chi connectivity index (χ2n) is 6.28. The van der Waals surface area contributed by atoms with Gasteiger partial charge in [0.05, 0.1) is 27.6 Å². The van der Waals surface area contributed by atoms with Gasteiger partial charge in [-0.1, -0.05) is 49.2 Å². The maximum atomic E-state index is 6.27. The van der Waals surface area contributed by atoms with Gasteiger partial charge in [0.1, 0.15) is 5.82 Å². The first-order valence-electron chi connectivity index (χ1n) is 6.90. The lowest BCUT2D eigenvalue weighted by Gasteiger charge is -2.46. The highest BCUT2D eigenvalue weighted by Crippen LogP contribution is 2.36. The fraction of sp³-hybridized carbons (Fsp3) is 0.375. The molecule has 1 aromatic heterocycles. The van der Waals surface area contributed by atoms with E-state index in [-0.39, 0.29) is 0 Å². The molecule has 3 nitrogen and oxygen atoms in total. The van der Waals surface area contributed by atoms with Crippen LogP contribution < -0.4 is 4.90 Å². The van der Waals surface area contributed by atoms with Gasteiger partial charge in [0.25, 0.3) is 0 Å². The van der Waals surface area contributed by atoms with Crippen molar-refractivity contribution >= 4 is 29.0 Å². The number of benzene rings is 1. The molecule has 21 heavy (non-hydrogen) atoms. The molecule has 0 saturated carbocycles. The molecule has 0 amide bonds. The van der Waals surface area contributed by atoms with Crippen LogP contribution in [0.5, 0.6) is 0 Å². The van der Waals surface area contributed by atoms with Crippen molar-refractivity contribution in [2.24, 2.45) is 5.41 Å². The average Bonchev–Trinajstić information content (AvgIpc) is 2.39. The van der Waals surface area contributed by atoms with E-state index >= 15 is 0 Å². The van der Waals surface area contributed by atoms with Crippen LogP contribution in [0, 0.1) is 12.3 Å². The van der Waals surface area contributed by atoms with Gasteiger partial charge in [0.2, 0.25) is 0 Å². The van der Waals surface area contributed by atoms with Crippen molar-refractivity contribution in [2.75, 3.05) is 18.0 Å². The van der Waals surface area contributed by atoms with Gasteiger partial charge < -0.3 is 4.90 Å². The molecule has 0 radical (unpaired) electrons. The zero-order valence-electron chi connectivity index (χ0n) is 12.3. The highest BCUT2D eigenvalue weighted by Gasteiger charge is 2.35. The number of anilines is 1. The van der Waals surface area contributed by atoms with Crippen LogP contribution in [-0.2, 0) is 0 Å². The van der Waals surface area contributed by atoms with Crippen LogP contribution in [0.1, 0.15) is 19.5 Å². The summed E-state index contributed by atoms with van der Waals surface area (Å²) in [5.74, 6) is 0.925. The lowest BCUT2D eigenvalue weighted by molar-refractivity contribution is 0.274. The predicted molar refractivity (Wildman–Crippen MR) is 88.2 cm³/mol. The number of aryl methyl sites for hydroxylation is 1. The molecule has 0 spiro atoms. The Bertz CT molecular complexity index is 690. The molecule has 0 bridgehead atoms. The fourth-order valence-electron chi connectivity index (χ4n) is 2.72. The van der Waals surface area contributed by atoms with E-state index in [9.17, 15) is 0 Å². The molecule has 2 heterocycles. The number of hydrogen-bond acceptors (Lipinski definition) is 3. The zero-order valence-corrected chi connectivity index (χ0v) is 13.8. The highest BCUT2D eigenvalue weighted by molar-refractivity contribution is 6.43. The lowest BCUT2D eigenvalue weighted by Crippen LogP contribution is -2.53. The van der Waals surface area contributed by atoms with E-state index in [2.05, 4.69) is 28.7 Å². The molecule has 2 aromatic rings. The molecule has 0 atom stereocenters. The SMILES string of the molecule is Cc1nc(N2CC(C)(C)C2)cnc1-c1cccc(Cl)c1Cl. The van der Waals surface area contributed by atoms with Gasteiger partial charge >= 0.3 is 0 Å². The Labute approximate surface area is 134 Å². The summed E-state index contributed by atoms with van der Waals surface area (Å²) in [4.78, 5) is 11.5. The average molecular weight is 322 g/mol. The van der Waals surface area contributed by atoms with E-state index in [4.69, 9.17) is 23.2 Å². The van der Waals surface area contributed by atoms with E-state index in [0.717, 1.165) is 35.9 Å². The Morgan fingerprint density at radius 2 is 1.90 bits per heavy atom. The van der Waals surface area contributed by atoms with Gasteiger partial charge in [0, 0.05) is 18.7 Å². The molecule has 1 saturated heterocycles. The maximum Gasteiger partial charge on any atom is 0.147 e. The van der Waals surface area contributed by atoms with Crippen molar-refractivity contribution in [3.8, 4) is 11.3 Å². The first kappa shape index (κ1) is 14.6. The fourth-order valence-corrected chi connectivity index (χ4v) is 3.11. The first-order chi connectivity index (χ1) is 9.87. The van der Waals surface area contributed by atoms with Crippen molar-refractivity contribution < 1.29 is 0 Å². The van der Waals surface area contributed by atoms with Gasteiger partial charge in [-0.3, -0.25) is 4.98 Å².